The molecule has 1 unspecified atom stereocenters. The molecule has 6 heteroatoms. The van der Waals surface area contributed by atoms with Crippen molar-refractivity contribution in [2.24, 2.45) is 0 Å². The number of nitrogens with zero attached hydrogens (tertiary/aromatic N) is 2. The Morgan fingerprint density at radius 2 is 2.17 bits per heavy atom. The van der Waals surface area contributed by atoms with Crippen LogP contribution in [0.25, 0.3) is 0 Å². The Balaban J connectivity index is 3.12. The van der Waals surface area contributed by atoms with E-state index < -0.39 is 4.92 Å². The van der Waals surface area contributed by atoms with Gasteiger partial charge in [-0.3, -0.25) is 14.9 Å². The van der Waals surface area contributed by atoms with Crippen LogP contribution in [0.2, 0.25) is 0 Å². The molecule has 0 aliphatic rings. The van der Waals surface area contributed by atoms with Crippen LogP contribution in [0.15, 0.2) is 18.2 Å². The lowest BCUT2D eigenvalue weighted by atomic mass is 10.1. The molecule has 0 bridgehead atoms. The van der Waals surface area contributed by atoms with Gasteiger partial charge in [0.15, 0.2) is 0 Å². The molecule has 0 aromatic heterocycles. The van der Waals surface area contributed by atoms with Gasteiger partial charge in [0.25, 0.3) is 11.6 Å². The molecule has 5 nitrogen and oxygen atoms in total. The van der Waals surface area contributed by atoms with E-state index >= 15 is 0 Å². The number of nitro benzene ring substituents is 1. The minimum absolute atomic E-state index is 0.0242. The van der Waals surface area contributed by atoms with Gasteiger partial charge in [0.1, 0.15) is 0 Å². The summed E-state index contributed by atoms with van der Waals surface area (Å²) in [5.74, 6) is -0.205. The summed E-state index contributed by atoms with van der Waals surface area (Å²) in [6.45, 7) is 3.67. The highest BCUT2D eigenvalue weighted by molar-refractivity contribution is 9.09. The number of aryl methyl sites for hydroxylation is 1. The van der Waals surface area contributed by atoms with Crippen molar-refractivity contribution < 1.29 is 9.72 Å². The molecular formula is C12H15BrN2O3. The smallest absolute Gasteiger partial charge is 0.270 e. The van der Waals surface area contributed by atoms with E-state index in [2.05, 4.69) is 15.9 Å². The van der Waals surface area contributed by atoms with Gasteiger partial charge >= 0.3 is 0 Å². The fourth-order valence-electron chi connectivity index (χ4n) is 1.45. The molecule has 0 saturated carbocycles. The zero-order valence-corrected chi connectivity index (χ0v) is 12.1. The third kappa shape index (κ3) is 3.07. The summed E-state index contributed by atoms with van der Waals surface area (Å²) in [7, 11) is 1.69. The number of rotatable bonds is 4. The van der Waals surface area contributed by atoms with E-state index in [1.807, 2.05) is 6.92 Å². The fourth-order valence-corrected chi connectivity index (χ4v) is 1.88. The van der Waals surface area contributed by atoms with Crippen molar-refractivity contribution in [1.29, 1.82) is 0 Å². The second-order valence-electron chi connectivity index (χ2n) is 4.18. The van der Waals surface area contributed by atoms with Crippen LogP contribution in [0.4, 0.5) is 5.69 Å². The first-order valence-electron chi connectivity index (χ1n) is 5.46. The van der Waals surface area contributed by atoms with Crippen LogP contribution in [0, 0.1) is 17.0 Å². The largest absolute Gasteiger partial charge is 0.338 e. The van der Waals surface area contributed by atoms with Crippen molar-refractivity contribution in [2.45, 2.75) is 19.9 Å². The number of hydrogen-bond acceptors (Lipinski definition) is 3. The molecule has 0 aliphatic heterocycles. The third-order valence-corrected chi connectivity index (χ3v) is 3.80. The molecule has 0 fully saturated rings. The Morgan fingerprint density at radius 1 is 1.56 bits per heavy atom. The first-order chi connectivity index (χ1) is 8.38. The lowest BCUT2D eigenvalue weighted by Gasteiger charge is -2.23. The number of nitro groups is 1. The number of benzene rings is 1. The molecule has 0 heterocycles. The van der Waals surface area contributed by atoms with Crippen LogP contribution in [0.1, 0.15) is 22.8 Å². The van der Waals surface area contributed by atoms with Crippen LogP contribution in [0.3, 0.4) is 0 Å². The number of carbonyl (C=O) groups excluding carboxylic acids is 1. The standard InChI is InChI=1S/C12H15BrN2O3/c1-8-4-5-10(15(17)18)6-11(8)12(16)14(3)9(2)7-13/h4-6,9H,7H2,1-3H3. The summed E-state index contributed by atoms with van der Waals surface area (Å²) >= 11 is 3.31. The lowest BCUT2D eigenvalue weighted by molar-refractivity contribution is -0.384. The van der Waals surface area contributed by atoms with Crippen LogP contribution in [0.5, 0.6) is 0 Å². The molecular weight excluding hydrogens is 300 g/mol. The van der Waals surface area contributed by atoms with E-state index in [4.69, 9.17) is 0 Å². The molecule has 1 rings (SSSR count). The highest BCUT2D eigenvalue weighted by Crippen LogP contribution is 2.19. The topological polar surface area (TPSA) is 63.5 Å². The zero-order chi connectivity index (χ0) is 13.9. The lowest BCUT2D eigenvalue weighted by Crippen LogP contribution is -2.36. The van der Waals surface area contributed by atoms with Gasteiger partial charge < -0.3 is 4.90 Å². The van der Waals surface area contributed by atoms with E-state index in [0.717, 1.165) is 5.56 Å². The van der Waals surface area contributed by atoms with Gasteiger partial charge in [0, 0.05) is 36.1 Å². The quantitative estimate of drug-likeness (QED) is 0.487. The van der Waals surface area contributed by atoms with Gasteiger partial charge in [0.05, 0.1) is 4.92 Å². The van der Waals surface area contributed by atoms with Gasteiger partial charge in [-0.2, -0.15) is 0 Å². The fraction of sp³-hybridized carbons (Fsp3) is 0.417. The summed E-state index contributed by atoms with van der Waals surface area (Å²) in [5.41, 5.74) is 1.04. The van der Waals surface area contributed by atoms with E-state index in [1.54, 1.807) is 24.9 Å². The third-order valence-electron chi connectivity index (χ3n) is 2.87. The van der Waals surface area contributed by atoms with Crippen molar-refractivity contribution >= 4 is 27.5 Å². The molecule has 1 aromatic rings. The molecule has 0 N–H and O–H groups in total. The van der Waals surface area contributed by atoms with Crippen molar-refractivity contribution in [2.75, 3.05) is 12.4 Å². The van der Waals surface area contributed by atoms with Gasteiger partial charge in [-0.05, 0) is 19.4 Å². The summed E-state index contributed by atoms with van der Waals surface area (Å²) < 4.78 is 0. The molecule has 0 spiro atoms. The second kappa shape index (κ2) is 5.95. The number of amides is 1. The predicted octanol–water partition coefficient (Wildman–Crippen LogP) is 2.76. The monoisotopic (exact) mass is 314 g/mol. The Morgan fingerprint density at radius 3 is 2.67 bits per heavy atom. The number of halogens is 1. The molecule has 1 amide bonds. The molecule has 18 heavy (non-hydrogen) atoms. The number of alkyl halides is 1. The second-order valence-corrected chi connectivity index (χ2v) is 4.82. The van der Waals surface area contributed by atoms with E-state index in [0.29, 0.717) is 10.9 Å². The van der Waals surface area contributed by atoms with Crippen molar-refractivity contribution in [3.8, 4) is 0 Å². The Labute approximate surface area is 114 Å². The first-order valence-corrected chi connectivity index (χ1v) is 6.58. The predicted molar refractivity (Wildman–Crippen MR) is 73.2 cm³/mol. The molecule has 1 aromatic carbocycles. The summed E-state index contributed by atoms with van der Waals surface area (Å²) in [6.07, 6.45) is 0. The normalized spacial score (nSPS) is 12.0. The van der Waals surface area contributed by atoms with Gasteiger partial charge in [0.2, 0.25) is 0 Å². The van der Waals surface area contributed by atoms with E-state index in [-0.39, 0.29) is 17.6 Å². The van der Waals surface area contributed by atoms with E-state index in [1.165, 1.54) is 12.1 Å². The Hall–Kier alpha value is -1.43. The van der Waals surface area contributed by atoms with E-state index in [9.17, 15) is 14.9 Å². The average Bonchev–Trinajstić information content (AvgIpc) is 2.36. The van der Waals surface area contributed by atoms with Crippen LogP contribution < -0.4 is 0 Å². The van der Waals surface area contributed by atoms with Crippen LogP contribution >= 0.6 is 15.9 Å². The molecule has 1 atom stereocenters. The first kappa shape index (κ1) is 14.6. The maximum absolute atomic E-state index is 12.2. The average molecular weight is 315 g/mol. The van der Waals surface area contributed by atoms with Crippen molar-refractivity contribution in [3.63, 3.8) is 0 Å². The highest BCUT2D eigenvalue weighted by atomic mass is 79.9. The molecule has 98 valence electrons. The van der Waals surface area contributed by atoms with Gasteiger partial charge in [-0.15, -0.1) is 0 Å². The number of carbonyl (C=O) groups is 1. The zero-order valence-electron chi connectivity index (χ0n) is 10.5. The SMILES string of the molecule is Cc1ccc([N+](=O)[O-])cc1C(=O)N(C)C(C)CBr. The number of non-ortho nitro benzene ring substituents is 1. The summed E-state index contributed by atoms with van der Waals surface area (Å²) in [5, 5.41) is 11.4. The highest BCUT2D eigenvalue weighted by Gasteiger charge is 2.20. The molecule has 0 aliphatic carbocycles. The molecule has 0 saturated heterocycles. The van der Waals surface area contributed by atoms with Crippen LogP contribution in [-0.4, -0.2) is 34.2 Å². The Kier molecular flexibility index (Phi) is 4.84. The minimum Gasteiger partial charge on any atom is -0.338 e. The van der Waals surface area contributed by atoms with Crippen molar-refractivity contribution in [3.05, 3.63) is 39.4 Å². The van der Waals surface area contributed by atoms with Gasteiger partial charge in [-0.25, -0.2) is 0 Å². The number of hydrogen-bond donors (Lipinski definition) is 0. The Bertz CT molecular complexity index is 476. The van der Waals surface area contributed by atoms with Gasteiger partial charge in [-0.1, -0.05) is 22.0 Å². The maximum Gasteiger partial charge on any atom is 0.270 e. The molecule has 0 radical (unpaired) electrons. The summed E-state index contributed by atoms with van der Waals surface area (Å²) in [6, 6.07) is 4.35. The van der Waals surface area contributed by atoms with Crippen LogP contribution in [-0.2, 0) is 0 Å². The van der Waals surface area contributed by atoms with Crippen molar-refractivity contribution in [1.82, 2.24) is 4.90 Å². The summed E-state index contributed by atoms with van der Waals surface area (Å²) in [4.78, 5) is 24.0. The maximum atomic E-state index is 12.2. The minimum atomic E-state index is -0.496.